The van der Waals surface area contributed by atoms with Crippen LogP contribution in [0.5, 0.6) is 0 Å². The van der Waals surface area contributed by atoms with Crippen molar-refractivity contribution in [2.75, 3.05) is 18.4 Å². The van der Waals surface area contributed by atoms with Gasteiger partial charge in [-0.2, -0.15) is 0 Å². The fraction of sp³-hybridized carbons (Fsp3) is 0.412. The number of aromatic nitrogens is 2. The lowest BCUT2D eigenvalue weighted by Gasteiger charge is -2.30. The van der Waals surface area contributed by atoms with Gasteiger partial charge >= 0.3 is 0 Å². The first-order valence-electron chi connectivity index (χ1n) is 8.23. The van der Waals surface area contributed by atoms with Crippen LogP contribution >= 0.6 is 22.9 Å². The highest BCUT2D eigenvalue weighted by Crippen LogP contribution is 2.23. The zero-order valence-corrected chi connectivity index (χ0v) is 15.4. The van der Waals surface area contributed by atoms with E-state index in [9.17, 15) is 9.59 Å². The van der Waals surface area contributed by atoms with Crippen molar-refractivity contribution in [3.8, 4) is 0 Å². The van der Waals surface area contributed by atoms with Crippen molar-refractivity contribution < 1.29 is 9.59 Å². The topological polar surface area (TPSA) is 75.2 Å². The number of piperidine rings is 1. The van der Waals surface area contributed by atoms with Crippen molar-refractivity contribution in [2.24, 2.45) is 5.92 Å². The quantitative estimate of drug-likeness (QED) is 0.886. The van der Waals surface area contributed by atoms with E-state index < -0.39 is 0 Å². The first kappa shape index (κ1) is 17.8. The summed E-state index contributed by atoms with van der Waals surface area (Å²) < 4.78 is 0. The Morgan fingerprint density at radius 2 is 2.04 bits per heavy atom. The van der Waals surface area contributed by atoms with E-state index in [1.807, 2.05) is 6.92 Å². The fourth-order valence-corrected chi connectivity index (χ4v) is 3.69. The SMILES string of the molecule is CCc1ncc(C(=O)N2CCC(C(=O)Nc3ccc(Cl)cn3)CC2)s1. The third kappa shape index (κ3) is 4.35. The van der Waals surface area contributed by atoms with E-state index in [0.717, 1.165) is 11.4 Å². The molecule has 8 heteroatoms. The molecule has 1 N–H and O–H groups in total. The number of hydrogen-bond donors (Lipinski definition) is 1. The van der Waals surface area contributed by atoms with Crippen molar-refractivity contribution in [3.63, 3.8) is 0 Å². The number of nitrogens with zero attached hydrogens (tertiary/aromatic N) is 3. The highest BCUT2D eigenvalue weighted by Gasteiger charge is 2.28. The molecular weight excluding hydrogens is 360 g/mol. The fourth-order valence-electron chi connectivity index (χ4n) is 2.75. The number of likely N-dealkylation sites (tertiary alicyclic amines) is 1. The smallest absolute Gasteiger partial charge is 0.265 e. The number of nitrogens with one attached hydrogen (secondary N) is 1. The third-order valence-corrected chi connectivity index (χ3v) is 5.55. The molecule has 25 heavy (non-hydrogen) atoms. The molecule has 0 aliphatic carbocycles. The van der Waals surface area contributed by atoms with Gasteiger partial charge in [0.25, 0.3) is 5.91 Å². The van der Waals surface area contributed by atoms with Crippen LogP contribution in [0.15, 0.2) is 24.5 Å². The molecule has 2 aromatic heterocycles. The Kier molecular flexibility index (Phi) is 5.65. The maximum absolute atomic E-state index is 12.5. The molecule has 2 aromatic rings. The number of anilines is 1. The maximum atomic E-state index is 12.5. The summed E-state index contributed by atoms with van der Waals surface area (Å²) in [5.41, 5.74) is 0. The largest absolute Gasteiger partial charge is 0.338 e. The molecule has 0 unspecified atom stereocenters. The second-order valence-electron chi connectivity index (χ2n) is 5.89. The van der Waals surface area contributed by atoms with Gasteiger partial charge in [-0.3, -0.25) is 9.59 Å². The molecule has 3 heterocycles. The number of aryl methyl sites for hydroxylation is 1. The molecule has 1 fully saturated rings. The normalized spacial score (nSPS) is 15.2. The summed E-state index contributed by atoms with van der Waals surface area (Å²) in [6, 6.07) is 3.36. The van der Waals surface area contributed by atoms with Crippen LogP contribution in [-0.4, -0.2) is 39.8 Å². The van der Waals surface area contributed by atoms with Gasteiger partial charge in [0.2, 0.25) is 5.91 Å². The average molecular weight is 379 g/mol. The summed E-state index contributed by atoms with van der Waals surface area (Å²) in [5.74, 6) is 0.322. The van der Waals surface area contributed by atoms with E-state index in [4.69, 9.17) is 11.6 Å². The van der Waals surface area contributed by atoms with Crippen LogP contribution in [0.3, 0.4) is 0 Å². The molecule has 1 aliphatic heterocycles. The predicted molar refractivity (Wildman–Crippen MR) is 98.0 cm³/mol. The number of pyridine rings is 1. The minimum atomic E-state index is -0.116. The Hall–Kier alpha value is -1.99. The third-order valence-electron chi connectivity index (χ3n) is 4.20. The van der Waals surface area contributed by atoms with Gasteiger partial charge in [0.15, 0.2) is 0 Å². The van der Waals surface area contributed by atoms with E-state index in [0.29, 0.717) is 41.6 Å². The molecule has 1 saturated heterocycles. The van der Waals surface area contributed by atoms with Gasteiger partial charge in [-0.25, -0.2) is 9.97 Å². The van der Waals surface area contributed by atoms with Crippen LogP contribution in [0.1, 0.15) is 34.4 Å². The minimum absolute atomic E-state index is 0.00965. The summed E-state index contributed by atoms with van der Waals surface area (Å²) in [6.07, 6.45) is 5.27. The number of carbonyl (C=O) groups excluding carboxylic acids is 2. The highest BCUT2D eigenvalue weighted by molar-refractivity contribution is 7.13. The number of rotatable bonds is 4. The van der Waals surface area contributed by atoms with E-state index in [-0.39, 0.29) is 17.7 Å². The van der Waals surface area contributed by atoms with Gasteiger partial charge in [0, 0.05) is 25.2 Å². The second kappa shape index (κ2) is 7.93. The molecule has 6 nitrogen and oxygen atoms in total. The molecule has 0 saturated carbocycles. The van der Waals surface area contributed by atoms with E-state index >= 15 is 0 Å². The first-order valence-corrected chi connectivity index (χ1v) is 9.42. The highest BCUT2D eigenvalue weighted by atomic mass is 35.5. The van der Waals surface area contributed by atoms with E-state index in [1.165, 1.54) is 17.5 Å². The van der Waals surface area contributed by atoms with Gasteiger partial charge in [-0.05, 0) is 31.4 Å². The van der Waals surface area contributed by atoms with Crippen LogP contribution in [0.2, 0.25) is 5.02 Å². The van der Waals surface area contributed by atoms with Crippen molar-refractivity contribution in [2.45, 2.75) is 26.2 Å². The van der Waals surface area contributed by atoms with E-state index in [2.05, 4.69) is 15.3 Å². The number of carbonyl (C=O) groups is 2. The Morgan fingerprint density at radius 3 is 2.64 bits per heavy atom. The first-order chi connectivity index (χ1) is 12.1. The minimum Gasteiger partial charge on any atom is -0.338 e. The lowest BCUT2D eigenvalue weighted by molar-refractivity contribution is -0.121. The molecule has 0 bridgehead atoms. The average Bonchev–Trinajstić information content (AvgIpc) is 3.12. The van der Waals surface area contributed by atoms with Crippen molar-refractivity contribution >= 4 is 40.6 Å². The van der Waals surface area contributed by atoms with Crippen molar-refractivity contribution in [1.82, 2.24) is 14.9 Å². The number of thiazole rings is 1. The molecule has 3 rings (SSSR count). The van der Waals surface area contributed by atoms with Gasteiger partial charge in [0.05, 0.1) is 16.2 Å². The molecule has 132 valence electrons. The van der Waals surface area contributed by atoms with Gasteiger partial charge in [0.1, 0.15) is 10.7 Å². The molecule has 1 aliphatic rings. The van der Waals surface area contributed by atoms with Crippen LogP contribution in [0.25, 0.3) is 0 Å². The van der Waals surface area contributed by atoms with Crippen molar-refractivity contribution in [3.05, 3.63) is 39.4 Å². The molecular formula is C17H19ClN4O2S. The van der Waals surface area contributed by atoms with E-state index in [1.54, 1.807) is 23.2 Å². The second-order valence-corrected chi connectivity index (χ2v) is 7.44. The van der Waals surface area contributed by atoms with Gasteiger partial charge in [-0.1, -0.05) is 18.5 Å². The van der Waals surface area contributed by atoms with Crippen LogP contribution in [-0.2, 0) is 11.2 Å². The number of amides is 2. The van der Waals surface area contributed by atoms with Gasteiger partial charge < -0.3 is 10.2 Å². The summed E-state index contributed by atoms with van der Waals surface area (Å²) in [6.45, 7) is 3.17. The Bertz CT molecular complexity index is 754. The maximum Gasteiger partial charge on any atom is 0.265 e. The lowest BCUT2D eigenvalue weighted by atomic mass is 9.96. The molecule has 0 spiro atoms. The Morgan fingerprint density at radius 1 is 1.28 bits per heavy atom. The standard InChI is InChI=1S/C17H19ClN4O2S/c1-2-15-20-10-13(25-15)17(24)22-7-5-11(6-8-22)16(23)21-14-4-3-12(18)9-19-14/h3-4,9-11H,2,5-8H2,1H3,(H,19,21,23). The van der Waals surface area contributed by atoms with Crippen LogP contribution < -0.4 is 5.32 Å². The zero-order chi connectivity index (χ0) is 17.8. The summed E-state index contributed by atoms with van der Waals surface area (Å²) in [7, 11) is 0. The number of halogens is 1. The van der Waals surface area contributed by atoms with Gasteiger partial charge in [-0.15, -0.1) is 11.3 Å². The number of hydrogen-bond acceptors (Lipinski definition) is 5. The summed E-state index contributed by atoms with van der Waals surface area (Å²) in [5, 5.41) is 4.30. The Labute approximate surface area is 155 Å². The molecule has 2 amide bonds. The molecule has 0 aromatic carbocycles. The Balaban J connectivity index is 1.53. The van der Waals surface area contributed by atoms with Crippen LogP contribution in [0, 0.1) is 5.92 Å². The lowest BCUT2D eigenvalue weighted by Crippen LogP contribution is -2.41. The molecule has 0 radical (unpaired) electrons. The monoisotopic (exact) mass is 378 g/mol. The summed E-state index contributed by atoms with van der Waals surface area (Å²) in [4.78, 5) is 35.6. The van der Waals surface area contributed by atoms with Crippen LogP contribution in [0.4, 0.5) is 5.82 Å². The zero-order valence-electron chi connectivity index (χ0n) is 13.9. The molecule has 0 atom stereocenters. The van der Waals surface area contributed by atoms with Crippen molar-refractivity contribution in [1.29, 1.82) is 0 Å². The predicted octanol–water partition coefficient (Wildman–Crippen LogP) is 3.24. The summed E-state index contributed by atoms with van der Waals surface area (Å²) >= 11 is 7.23.